The first-order valence-corrected chi connectivity index (χ1v) is 1.99. The van der Waals surface area contributed by atoms with Gasteiger partial charge in [-0.3, -0.25) is 0 Å². The van der Waals surface area contributed by atoms with Crippen LogP contribution in [0.3, 0.4) is 0 Å². The molecule has 44 valence electrons. The largest absolute Gasteiger partial charge is 0.394 e. The molecule has 0 aliphatic rings. The zero-order valence-corrected chi connectivity index (χ0v) is 4.42. The summed E-state index contributed by atoms with van der Waals surface area (Å²) in [6.45, 7) is 3.29. The van der Waals surface area contributed by atoms with Gasteiger partial charge >= 0.3 is 0 Å². The van der Waals surface area contributed by atoms with Crippen molar-refractivity contribution in [2.75, 3.05) is 0 Å². The van der Waals surface area contributed by atoms with Gasteiger partial charge in [0.2, 0.25) is 5.88 Å². The Morgan fingerprint density at radius 3 is 2.75 bits per heavy atom. The van der Waals surface area contributed by atoms with Crippen molar-refractivity contribution in [3.05, 3.63) is 30.3 Å². The van der Waals surface area contributed by atoms with Gasteiger partial charge in [0.1, 0.15) is 0 Å². The summed E-state index contributed by atoms with van der Waals surface area (Å²) in [7, 11) is 0. The molecule has 0 heterocycles. The molecule has 0 saturated carbocycles. The van der Waals surface area contributed by atoms with E-state index in [1.54, 1.807) is 0 Å². The fraction of sp³-hybridized carbons (Fsp3) is 0. The summed E-state index contributed by atoms with van der Waals surface area (Å²) in [6.07, 6.45) is 2.95. The Hall–Kier alpha value is -1.18. The lowest BCUT2D eigenvalue weighted by Gasteiger charge is -1.90. The predicted octanol–water partition coefficient (Wildman–Crippen LogP) is 0.0179. The predicted molar refractivity (Wildman–Crippen MR) is 31.3 cm³/mol. The van der Waals surface area contributed by atoms with Gasteiger partial charge in [-0.15, -0.1) is 5.73 Å². The second kappa shape index (κ2) is 3.99. The lowest BCUT2D eigenvalue weighted by molar-refractivity contribution is 0.218. The van der Waals surface area contributed by atoms with Crippen LogP contribution in [0.5, 0.6) is 0 Å². The third kappa shape index (κ3) is 3.03. The summed E-state index contributed by atoms with van der Waals surface area (Å²) >= 11 is 0. The van der Waals surface area contributed by atoms with E-state index in [2.05, 4.69) is 23.0 Å². The third-order valence-electron chi connectivity index (χ3n) is 0.502. The van der Waals surface area contributed by atoms with Gasteiger partial charge in [0.25, 0.3) is 0 Å². The quantitative estimate of drug-likeness (QED) is 0.229. The molecule has 0 rings (SSSR count). The van der Waals surface area contributed by atoms with Crippen molar-refractivity contribution in [3.63, 3.8) is 0 Å². The summed E-state index contributed by atoms with van der Waals surface area (Å²) in [5.74, 6) is 4.79. The van der Waals surface area contributed by atoms with Crippen molar-refractivity contribution in [2.24, 2.45) is 11.6 Å². The molecular weight excluding hydrogens is 104 g/mol. The molecule has 0 aromatic heterocycles. The highest BCUT2D eigenvalue weighted by Crippen LogP contribution is 1.79. The van der Waals surface area contributed by atoms with Crippen LogP contribution in [0.1, 0.15) is 0 Å². The first-order chi connectivity index (χ1) is 3.81. The molecule has 0 aromatic rings. The van der Waals surface area contributed by atoms with E-state index in [-0.39, 0.29) is 5.88 Å². The van der Waals surface area contributed by atoms with Crippen LogP contribution in [-0.2, 0) is 4.84 Å². The van der Waals surface area contributed by atoms with Crippen LogP contribution in [-0.4, -0.2) is 0 Å². The minimum atomic E-state index is 0.140. The minimum absolute atomic E-state index is 0.140. The number of hydrogen-bond donors (Lipinski definition) is 2. The zero-order valence-electron chi connectivity index (χ0n) is 4.42. The van der Waals surface area contributed by atoms with E-state index in [1.165, 1.54) is 12.2 Å². The molecule has 0 atom stereocenters. The van der Waals surface area contributed by atoms with E-state index < -0.39 is 0 Å². The first-order valence-electron chi connectivity index (χ1n) is 1.99. The average molecular weight is 112 g/mol. The lowest BCUT2D eigenvalue weighted by Crippen LogP contribution is -2.06. The fourth-order valence-corrected chi connectivity index (χ4v) is 0.180. The van der Waals surface area contributed by atoms with Gasteiger partial charge in [-0.25, -0.2) is 0 Å². The maximum Gasteiger partial charge on any atom is 0.209 e. The maximum absolute atomic E-state index is 5.07. The van der Waals surface area contributed by atoms with Crippen molar-refractivity contribution < 1.29 is 4.84 Å². The van der Waals surface area contributed by atoms with Crippen LogP contribution in [0.4, 0.5) is 0 Å². The molecule has 0 amide bonds. The van der Waals surface area contributed by atoms with Gasteiger partial charge in [-0.05, 0) is 6.08 Å². The Bertz CT molecular complexity index is 133. The first kappa shape index (κ1) is 6.82. The normalized spacial score (nSPS) is 9.88. The van der Waals surface area contributed by atoms with E-state index in [4.69, 9.17) is 5.73 Å². The number of rotatable bonds is 2. The van der Waals surface area contributed by atoms with Gasteiger partial charge in [0, 0.05) is 6.08 Å². The number of hydrogen-bond acceptors (Lipinski definition) is 3. The summed E-state index contributed by atoms with van der Waals surface area (Å²) in [4.78, 5) is 4.09. The van der Waals surface area contributed by atoms with Crippen LogP contribution in [0, 0.1) is 0 Å². The van der Waals surface area contributed by atoms with Crippen molar-refractivity contribution in [3.8, 4) is 0 Å². The summed E-state index contributed by atoms with van der Waals surface area (Å²) < 4.78 is 0. The van der Waals surface area contributed by atoms with Gasteiger partial charge in [0.05, 0.1) is 0 Å². The molecule has 0 aliphatic carbocycles. The molecule has 0 bridgehead atoms. The Morgan fingerprint density at radius 2 is 2.38 bits per heavy atom. The molecule has 8 heavy (non-hydrogen) atoms. The molecule has 4 N–H and O–H groups in total. The average Bonchev–Trinajstić information content (AvgIpc) is 1.83. The summed E-state index contributed by atoms with van der Waals surface area (Å²) in [5, 5.41) is 0. The second-order valence-electron chi connectivity index (χ2n) is 1.06. The van der Waals surface area contributed by atoms with Gasteiger partial charge in [-0.2, -0.15) is 5.90 Å². The molecule has 3 nitrogen and oxygen atoms in total. The molecule has 0 saturated heterocycles. The van der Waals surface area contributed by atoms with Crippen LogP contribution in [0.25, 0.3) is 0 Å². The molecule has 0 unspecified atom stereocenters. The molecule has 0 aliphatic heterocycles. The van der Waals surface area contributed by atoms with Crippen molar-refractivity contribution in [1.82, 2.24) is 0 Å². The number of nitrogens with two attached hydrogens (primary N) is 2. The Morgan fingerprint density at radius 1 is 1.75 bits per heavy atom. The van der Waals surface area contributed by atoms with Crippen LogP contribution in [0.2, 0.25) is 0 Å². The lowest BCUT2D eigenvalue weighted by atomic mass is 10.5. The van der Waals surface area contributed by atoms with E-state index in [9.17, 15) is 0 Å². The highest BCUT2D eigenvalue weighted by atomic mass is 16.6. The smallest absolute Gasteiger partial charge is 0.209 e. The van der Waals surface area contributed by atoms with Gasteiger partial charge in [0.15, 0.2) is 0 Å². The van der Waals surface area contributed by atoms with E-state index >= 15 is 0 Å². The molecule has 0 radical (unpaired) electrons. The highest BCUT2D eigenvalue weighted by Gasteiger charge is 1.76. The van der Waals surface area contributed by atoms with Crippen LogP contribution in [0.15, 0.2) is 30.3 Å². The van der Waals surface area contributed by atoms with E-state index in [1.807, 2.05) is 0 Å². The topological polar surface area (TPSA) is 61.3 Å². The van der Waals surface area contributed by atoms with Crippen LogP contribution < -0.4 is 11.6 Å². The van der Waals surface area contributed by atoms with Crippen LogP contribution >= 0.6 is 0 Å². The van der Waals surface area contributed by atoms with Crippen molar-refractivity contribution in [2.45, 2.75) is 0 Å². The Balaban J connectivity index is 3.74. The number of allylic oxidation sites excluding steroid dienone is 2. The van der Waals surface area contributed by atoms with Gasteiger partial charge in [-0.1, -0.05) is 6.58 Å². The second-order valence-corrected chi connectivity index (χ2v) is 1.06. The fourth-order valence-electron chi connectivity index (χ4n) is 0.180. The van der Waals surface area contributed by atoms with Crippen molar-refractivity contribution >= 4 is 0 Å². The van der Waals surface area contributed by atoms with Gasteiger partial charge < -0.3 is 10.6 Å². The van der Waals surface area contributed by atoms with E-state index in [0.717, 1.165) is 0 Å². The Kier molecular flexibility index (Phi) is 3.40. The summed E-state index contributed by atoms with van der Waals surface area (Å²) in [5.41, 5.74) is 7.54. The monoisotopic (exact) mass is 112 g/mol. The SMILES string of the molecule is C=C=C/C=C(/N)ON. The third-order valence-corrected chi connectivity index (χ3v) is 0.502. The van der Waals surface area contributed by atoms with E-state index in [0.29, 0.717) is 0 Å². The van der Waals surface area contributed by atoms with Crippen molar-refractivity contribution in [1.29, 1.82) is 0 Å². The maximum atomic E-state index is 5.07. The minimum Gasteiger partial charge on any atom is -0.394 e. The molecule has 0 fully saturated rings. The molecule has 3 heteroatoms. The highest BCUT2D eigenvalue weighted by molar-refractivity contribution is 5.02. The Labute approximate surface area is 47.9 Å². The molecule has 0 spiro atoms. The standard InChI is InChI=1S/C5H8N2O/c1-2-3-4-5(6)8-7/h3-4H,1,6-7H2/b5-4-. The zero-order chi connectivity index (χ0) is 6.41. The molecular formula is C5H8N2O. The molecule has 0 aromatic carbocycles. The summed E-state index contributed by atoms with van der Waals surface area (Å²) in [6, 6.07) is 0.